The minimum atomic E-state index is -0.250. The molecule has 2 aliphatic heterocycles. The lowest BCUT2D eigenvalue weighted by Crippen LogP contribution is -2.42. The molecule has 2 saturated heterocycles. The van der Waals surface area contributed by atoms with Crippen molar-refractivity contribution in [2.45, 2.75) is 31.4 Å². The Labute approximate surface area is 153 Å². The van der Waals surface area contributed by atoms with Gasteiger partial charge < -0.3 is 9.64 Å². The number of carbonyl (C=O) groups excluding carboxylic acids is 1. The molecule has 2 aliphatic rings. The summed E-state index contributed by atoms with van der Waals surface area (Å²) in [4.78, 5) is 20.7. The number of carbonyl (C=O) groups is 1. The molecule has 0 spiro atoms. The van der Waals surface area contributed by atoms with E-state index >= 15 is 0 Å². The molecule has 1 amide bonds. The Balaban J connectivity index is 1.37. The molecule has 0 N–H and O–H groups in total. The number of amides is 1. The predicted molar refractivity (Wildman–Crippen MR) is 97.6 cm³/mol. The zero-order chi connectivity index (χ0) is 17.9. The van der Waals surface area contributed by atoms with Crippen LogP contribution in [0.15, 0.2) is 36.5 Å². The number of nitrogens with zero attached hydrogens (tertiary/aromatic N) is 4. The first-order chi connectivity index (χ1) is 12.7. The first-order valence-corrected chi connectivity index (χ1v) is 9.16. The Morgan fingerprint density at radius 3 is 3.08 bits per heavy atom. The number of hydrogen-bond donors (Lipinski definition) is 0. The van der Waals surface area contributed by atoms with Crippen molar-refractivity contribution >= 4 is 16.8 Å². The third-order valence-electron chi connectivity index (χ3n) is 5.21. The van der Waals surface area contributed by atoms with Gasteiger partial charge in [0.05, 0.1) is 18.1 Å². The number of ether oxygens (including phenoxy) is 1. The molecule has 3 heterocycles. The summed E-state index contributed by atoms with van der Waals surface area (Å²) >= 11 is 0. The van der Waals surface area contributed by atoms with E-state index in [1.165, 1.54) is 0 Å². The lowest BCUT2D eigenvalue weighted by molar-refractivity contribution is -0.132. The summed E-state index contributed by atoms with van der Waals surface area (Å²) in [7, 11) is 0. The number of nitriles is 1. The quantitative estimate of drug-likeness (QED) is 0.845. The van der Waals surface area contributed by atoms with Crippen molar-refractivity contribution in [2.75, 3.05) is 26.2 Å². The van der Waals surface area contributed by atoms with Crippen molar-refractivity contribution in [1.29, 1.82) is 5.26 Å². The van der Waals surface area contributed by atoms with E-state index in [1.54, 1.807) is 11.1 Å². The van der Waals surface area contributed by atoms with Crippen molar-refractivity contribution in [2.24, 2.45) is 0 Å². The molecule has 0 aliphatic carbocycles. The summed E-state index contributed by atoms with van der Waals surface area (Å²) < 4.78 is 6.21. The summed E-state index contributed by atoms with van der Waals surface area (Å²) in [5.74, 6) is 0.905. The number of fused-ring (bicyclic) bond motifs is 1. The Morgan fingerprint density at radius 1 is 1.27 bits per heavy atom. The summed E-state index contributed by atoms with van der Waals surface area (Å²) in [6.07, 6.45) is 4.46. The van der Waals surface area contributed by atoms with Gasteiger partial charge in [0.25, 0.3) is 0 Å². The largest absolute Gasteiger partial charge is 0.488 e. The molecule has 26 heavy (non-hydrogen) atoms. The number of benzene rings is 1. The summed E-state index contributed by atoms with van der Waals surface area (Å²) in [5.41, 5.74) is 0.923. The second-order valence-electron chi connectivity index (χ2n) is 6.96. The Morgan fingerprint density at radius 2 is 2.19 bits per heavy atom. The van der Waals surface area contributed by atoms with Crippen molar-refractivity contribution in [3.05, 3.63) is 36.5 Å². The molecule has 4 rings (SSSR count). The maximum Gasteiger partial charge on any atom is 0.237 e. The first-order valence-electron chi connectivity index (χ1n) is 9.16. The minimum Gasteiger partial charge on any atom is -0.488 e. The van der Waals surface area contributed by atoms with Crippen molar-refractivity contribution in [1.82, 2.24) is 14.8 Å². The molecular formula is C20H22N4O2. The van der Waals surface area contributed by atoms with Crippen LogP contribution in [0.5, 0.6) is 5.75 Å². The fraction of sp³-hybridized carbons (Fsp3) is 0.450. The summed E-state index contributed by atoms with van der Waals surface area (Å²) in [5, 5.41) is 10.2. The van der Waals surface area contributed by atoms with Crippen LogP contribution in [0.1, 0.15) is 19.3 Å². The fourth-order valence-corrected chi connectivity index (χ4v) is 3.88. The second kappa shape index (κ2) is 7.30. The third kappa shape index (κ3) is 3.35. The first kappa shape index (κ1) is 16.8. The molecular weight excluding hydrogens is 328 g/mol. The van der Waals surface area contributed by atoms with Gasteiger partial charge in [0.1, 0.15) is 17.9 Å². The van der Waals surface area contributed by atoms with Gasteiger partial charge in [0.2, 0.25) is 5.91 Å². The maximum absolute atomic E-state index is 12.5. The number of rotatable bonds is 4. The molecule has 134 valence electrons. The average Bonchev–Trinajstić information content (AvgIpc) is 3.31. The molecule has 6 heteroatoms. The van der Waals surface area contributed by atoms with E-state index in [-0.39, 0.29) is 18.1 Å². The van der Waals surface area contributed by atoms with Crippen LogP contribution in [-0.2, 0) is 4.79 Å². The Hall–Kier alpha value is -2.65. The number of hydrogen-bond acceptors (Lipinski definition) is 5. The fourth-order valence-electron chi connectivity index (χ4n) is 3.88. The Bertz CT molecular complexity index is 842. The monoisotopic (exact) mass is 350 g/mol. The lowest BCUT2D eigenvalue weighted by atomic mass is 10.2. The van der Waals surface area contributed by atoms with Crippen LogP contribution in [-0.4, -0.2) is 59.0 Å². The minimum absolute atomic E-state index is 0.0593. The van der Waals surface area contributed by atoms with Gasteiger partial charge in [-0.15, -0.1) is 0 Å². The lowest BCUT2D eigenvalue weighted by Gasteiger charge is -2.23. The number of likely N-dealkylation sites (tertiary alicyclic amines) is 2. The van der Waals surface area contributed by atoms with E-state index in [0.29, 0.717) is 13.1 Å². The van der Waals surface area contributed by atoms with Gasteiger partial charge in [0.15, 0.2) is 0 Å². The molecule has 6 nitrogen and oxygen atoms in total. The molecule has 0 bridgehead atoms. The predicted octanol–water partition coefficient (Wildman–Crippen LogP) is 2.20. The molecule has 2 aromatic rings. The van der Waals surface area contributed by atoms with Gasteiger partial charge in [-0.2, -0.15) is 5.26 Å². The summed E-state index contributed by atoms with van der Waals surface area (Å²) in [6, 6.07) is 11.8. The van der Waals surface area contributed by atoms with Crippen LogP contribution >= 0.6 is 0 Å². The highest BCUT2D eigenvalue weighted by molar-refractivity contribution is 5.84. The maximum atomic E-state index is 12.5. The molecule has 2 fully saturated rings. The number of aromatic nitrogens is 1. The van der Waals surface area contributed by atoms with Crippen molar-refractivity contribution < 1.29 is 9.53 Å². The summed E-state index contributed by atoms with van der Waals surface area (Å²) in [6.45, 7) is 2.64. The molecule has 1 aromatic carbocycles. The molecule has 1 aromatic heterocycles. The molecule has 0 radical (unpaired) electrons. The standard InChI is InChI=1S/C20H22N4O2/c21-12-15-4-3-10-24(15)20(25)14-23-11-8-16(13-23)26-19-7-1-6-18-17(19)5-2-9-22-18/h1-2,5-7,9,15-16H,3-4,8,10-11,13-14H2. The third-order valence-corrected chi connectivity index (χ3v) is 5.21. The SMILES string of the molecule is N#CC1CCCN1C(=O)CN1CCC(Oc2cccc3ncccc23)C1. The van der Waals surface area contributed by atoms with Crippen LogP contribution in [0, 0.1) is 11.3 Å². The molecule has 2 atom stereocenters. The van der Waals surface area contributed by atoms with Crippen molar-refractivity contribution in [3.8, 4) is 11.8 Å². The molecule has 2 unspecified atom stereocenters. The van der Waals surface area contributed by atoms with E-state index in [0.717, 1.165) is 49.0 Å². The normalized spacial score (nSPS) is 23.3. The van der Waals surface area contributed by atoms with Gasteiger partial charge in [-0.25, -0.2) is 0 Å². The topological polar surface area (TPSA) is 69.5 Å². The van der Waals surface area contributed by atoms with E-state index in [1.807, 2.05) is 30.3 Å². The zero-order valence-corrected chi connectivity index (χ0v) is 14.7. The van der Waals surface area contributed by atoms with Gasteiger partial charge in [-0.3, -0.25) is 14.7 Å². The van der Waals surface area contributed by atoms with Crippen LogP contribution in [0.2, 0.25) is 0 Å². The highest BCUT2D eigenvalue weighted by atomic mass is 16.5. The van der Waals surface area contributed by atoms with Crippen LogP contribution in [0.25, 0.3) is 10.9 Å². The second-order valence-corrected chi connectivity index (χ2v) is 6.96. The highest BCUT2D eigenvalue weighted by Crippen LogP contribution is 2.27. The van der Waals surface area contributed by atoms with E-state index in [9.17, 15) is 4.79 Å². The van der Waals surface area contributed by atoms with Gasteiger partial charge in [0, 0.05) is 31.2 Å². The Kier molecular flexibility index (Phi) is 4.72. The van der Waals surface area contributed by atoms with Crippen LogP contribution in [0.3, 0.4) is 0 Å². The van der Waals surface area contributed by atoms with E-state index in [4.69, 9.17) is 10.00 Å². The van der Waals surface area contributed by atoms with E-state index in [2.05, 4.69) is 16.0 Å². The van der Waals surface area contributed by atoms with Gasteiger partial charge in [-0.05, 0) is 43.5 Å². The van der Waals surface area contributed by atoms with Crippen molar-refractivity contribution in [3.63, 3.8) is 0 Å². The smallest absolute Gasteiger partial charge is 0.237 e. The van der Waals surface area contributed by atoms with E-state index < -0.39 is 0 Å². The highest BCUT2D eigenvalue weighted by Gasteiger charge is 2.32. The van der Waals surface area contributed by atoms with Gasteiger partial charge in [-0.1, -0.05) is 6.07 Å². The van der Waals surface area contributed by atoms with Crippen LogP contribution < -0.4 is 4.74 Å². The number of pyridine rings is 1. The van der Waals surface area contributed by atoms with Crippen LogP contribution in [0.4, 0.5) is 0 Å². The molecule has 0 saturated carbocycles. The van der Waals surface area contributed by atoms with Gasteiger partial charge >= 0.3 is 0 Å². The average molecular weight is 350 g/mol. The zero-order valence-electron chi connectivity index (χ0n) is 14.7.